The molecule has 2 heterocycles. The maximum Gasteiger partial charge on any atom is 0.251 e. The topological polar surface area (TPSA) is 62.3 Å². The molecule has 7 heteroatoms. The second-order valence-corrected chi connectivity index (χ2v) is 5.69. The van der Waals surface area contributed by atoms with Crippen LogP contribution < -0.4 is 0 Å². The number of amides is 2. The molecule has 126 valence electrons. The van der Waals surface area contributed by atoms with E-state index in [0.29, 0.717) is 52.5 Å². The van der Waals surface area contributed by atoms with Crippen molar-refractivity contribution in [2.75, 3.05) is 65.6 Å². The van der Waals surface area contributed by atoms with E-state index >= 15 is 0 Å². The van der Waals surface area contributed by atoms with Gasteiger partial charge in [-0.25, -0.2) is 0 Å². The lowest BCUT2D eigenvalue weighted by atomic mass is 10.2. The summed E-state index contributed by atoms with van der Waals surface area (Å²) in [4.78, 5) is 30.2. The summed E-state index contributed by atoms with van der Waals surface area (Å²) < 4.78 is 10.6. The highest BCUT2D eigenvalue weighted by Crippen LogP contribution is 2.07. The number of nitrogens with zero attached hydrogens (tertiary/aromatic N) is 3. The highest BCUT2D eigenvalue weighted by Gasteiger charge is 2.27. The highest BCUT2D eigenvalue weighted by molar-refractivity contribution is 5.81. The Labute approximate surface area is 132 Å². The van der Waals surface area contributed by atoms with Gasteiger partial charge in [-0.05, 0) is 13.8 Å². The number of hydrogen-bond acceptors (Lipinski definition) is 5. The Hall–Kier alpha value is -1.18. The molecule has 0 aromatic carbocycles. The second-order valence-electron chi connectivity index (χ2n) is 5.69. The SMILES string of the molecule is CCOC(C)C(=O)N1CCN(C(=O)CN2CCOCC2)CC1. The average Bonchev–Trinajstić information content (AvgIpc) is 2.55. The number of ether oxygens (including phenoxy) is 2. The van der Waals surface area contributed by atoms with Gasteiger partial charge in [0.25, 0.3) is 5.91 Å². The van der Waals surface area contributed by atoms with Crippen molar-refractivity contribution in [2.24, 2.45) is 0 Å². The van der Waals surface area contributed by atoms with Crippen molar-refractivity contribution in [3.63, 3.8) is 0 Å². The lowest BCUT2D eigenvalue weighted by Gasteiger charge is -2.37. The number of carbonyl (C=O) groups excluding carboxylic acids is 2. The molecule has 2 rings (SSSR count). The van der Waals surface area contributed by atoms with E-state index in [0.717, 1.165) is 13.1 Å². The molecule has 2 fully saturated rings. The molecule has 0 N–H and O–H groups in total. The van der Waals surface area contributed by atoms with E-state index in [4.69, 9.17) is 9.47 Å². The van der Waals surface area contributed by atoms with E-state index in [1.807, 2.05) is 11.8 Å². The van der Waals surface area contributed by atoms with Crippen LogP contribution in [0.2, 0.25) is 0 Å². The summed E-state index contributed by atoms with van der Waals surface area (Å²) >= 11 is 0. The Kier molecular flexibility index (Phi) is 6.60. The van der Waals surface area contributed by atoms with E-state index in [2.05, 4.69) is 4.90 Å². The number of hydrogen-bond donors (Lipinski definition) is 0. The fourth-order valence-corrected chi connectivity index (χ4v) is 2.81. The Morgan fingerprint density at radius 2 is 1.64 bits per heavy atom. The van der Waals surface area contributed by atoms with E-state index in [1.54, 1.807) is 11.8 Å². The van der Waals surface area contributed by atoms with Crippen LogP contribution in [-0.4, -0.2) is 98.3 Å². The summed E-state index contributed by atoms with van der Waals surface area (Å²) in [5.41, 5.74) is 0. The van der Waals surface area contributed by atoms with Crippen LogP contribution in [0.4, 0.5) is 0 Å². The van der Waals surface area contributed by atoms with Crippen LogP contribution in [0, 0.1) is 0 Å². The minimum Gasteiger partial charge on any atom is -0.379 e. The summed E-state index contributed by atoms with van der Waals surface area (Å²) in [6, 6.07) is 0. The smallest absolute Gasteiger partial charge is 0.251 e. The molecular formula is C15H27N3O4. The van der Waals surface area contributed by atoms with Crippen LogP contribution in [0.3, 0.4) is 0 Å². The first-order valence-electron chi connectivity index (χ1n) is 8.10. The minimum atomic E-state index is -0.402. The number of carbonyl (C=O) groups is 2. The Balaban J connectivity index is 1.74. The molecule has 2 amide bonds. The Morgan fingerprint density at radius 1 is 1.05 bits per heavy atom. The third-order valence-corrected chi connectivity index (χ3v) is 4.17. The van der Waals surface area contributed by atoms with Gasteiger partial charge in [0, 0.05) is 45.9 Å². The molecule has 2 aliphatic heterocycles. The van der Waals surface area contributed by atoms with Gasteiger partial charge in [0.15, 0.2) is 0 Å². The van der Waals surface area contributed by atoms with Crippen LogP contribution in [0.25, 0.3) is 0 Å². The van der Waals surface area contributed by atoms with Gasteiger partial charge in [-0.1, -0.05) is 0 Å². The molecule has 2 saturated heterocycles. The quantitative estimate of drug-likeness (QED) is 0.679. The molecule has 1 atom stereocenters. The van der Waals surface area contributed by atoms with E-state index in [1.165, 1.54) is 0 Å². The summed E-state index contributed by atoms with van der Waals surface area (Å²) in [7, 11) is 0. The van der Waals surface area contributed by atoms with Crippen LogP contribution in [0.15, 0.2) is 0 Å². The molecule has 0 bridgehead atoms. The normalized spacial score (nSPS) is 21.7. The van der Waals surface area contributed by atoms with Crippen LogP contribution in [0.1, 0.15) is 13.8 Å². The number of rotatable bonds is 5. The maximum absolute atomic E-state index is 12.3. The van der Waals surface area contributed by atoms with E-state index in [9.17, 15) is 9.59 Å². The Morgan fingerprint density at radius 3 is 2.23 bits per heavy atom. The Bertz CT molecular complexity index is 377. The van der Waals surface area contributed by atoms with Crippen LogP contribution in [-0.2, 0) is 19.1 Å². The predicted octanol–water partition coefficient (Wildman–Crippen LogP) is -0.586. The van der Waals surface area contributed by atoms with Gasteiger partial charge >= 0.3 is 0 Å². The first-order valence-corrected chi connectivity index (χ1v) is 8.10. The lowest BCUT2D eigenvalue weighted by Crippen LogP contribution is -2.54. The van der Waals surface area contributed by atoms with E-state index in [-0.39, 0.29) is 11.8 Å². The fraction of sp³-hybridized carbons (Fsp3) is 0.867. The molecule has 0 spiro atoms. The van der Waals surface area contributed by atoms with Gasteiger partial charge in [0.2, 0.25) is 5.91 Å². The largest absolute Gasteiger partial charge is 0.379 e. The summed E-state index contributed by atoms with van der Waals surface area (Å²) in [6.45, 7) is 10.1. The average molecular weight is 313 g/mol. The molecule has 0 aromatic heterocycles. The maximum atomic E-state index is 12.3. The zero-order valence-corrected chi connectivity index (χ0v) is 13.6. The van der Waals surface area contributed by atoms with Crippen molar-refractivity contribution >= 4 is 11.8 Å². The van der Waals surface area contributed by atoms with Crippen LogP contribution >= 0.6 is 0 Å². The molecular weight excluding hydrogens is 286 g/mol. The molecule has 1 unspecified atom stereocenters. The van der Waals surface area contributed by atoms with E-state index < -0.39 is 6.10 Å². The lowest BCUT2D eigenvalue weighted by molar-refractivity contribution is -0.147. The van der Waals surface area contributed by atoms with Crippen molar-refractivity contribution in [1.82, 2.24) is 14.7 Å². The second kappa shape index (κ2) is 8.45. The molecule has 0 aromatic rings. The summed E-state index contributed by atoms with van der Waals surface area (Å²) in [5, 5.41) is 0. The first kappa shape index (κ1) is 17.2. The van der Waals surface area contributed by atoms with Crippen molar-refractivity contribution in [1.29, 1.82) is 0 Å². The highest BCUT2D eigenvalue weighted by atomic mass is 16.5. The van der Waals surface area contributed by atoms with Gasteiger partial charge < -0.3 is 19.3 Å². The van der Waals surface area contributed by atoms with Crippen molar-refractivity contribution in [3.8, 4) is 0 Å². The van der Waals surface area contributed by atoms with Crippen molar-refractivity contribution in [2.45, 2.75) is 20.0 Å². The molecule has 0 saturated carbocycles. The summed E-state index contributed by atoms with van der Waals surface area (Å²) in [6.07, 6.45) is -0.402. The predicted molar refractivity (Wildman–Crippen MR) is 81.5 cm³/mol. The number of piperazine rings is 1. The van der Waals surface area contributed by atoms with Gasteiger partial charge in [-0.2, -0.15) is 0 Å². The summed E-state index contributed by atoms with van der Waals surface area (Å²) in [5.74, 6) is 0.161. The zero-order chi connectivity index (χ0) is 15.9. The fourth-order valence-electron chi connectivity index (χ4n) is 2.81. The molecule has 0 radical (unpaired) electrons. The third kappa shape index (κ3) is 4.66. The van der Waals surface area contributed by atoms with Gasteiger partial charge in [-0.15, -0.1) is 0 Å². The molecule has 2 aliphatic rings. The first-order chi connectivity index (χ1) is 10.6. The third-order valence-electron chi connectivity index (χ3n) is 4.17. The van der Waals surface area contributed by atoms with Gasteiger partial charge in [0.05, 0.1) is 19.8 Å². The molecule has 22 heavy (non-hydrogen) atoms. The van der Waals surface area contributed by atoms with Gasteiger partial charge in [0.1, 0.15) is 6.10 Å². The molecule has 7 nitrogen and oxygen atoms in total. The minimum absolute atomic E-state index is 0.0159. The van der Waals surface area contributed by atoms with Crippen molar-refractivity contribution in [3.05, 3.63) is 0 Å². The zero-order valence-electron chi connectivity index (χ0n) is 13.6. The monoisotopic (exact) mass is 313 g/mol. The van der Waals surface area contributed by atoms with Crippen LogP contribution in [0.5, 0.6) is 0 Å². The van der Waals surface area contributed by atoms with Gasteiger partial charge in [-0.3, -0.25) is 14.5 Å². The number of morpholine rings is 1. The standard InChI is InChI=1S/C15H27N3O4/c1-3-22-13(2)15(20)18-6-4-17(5-7-18)14(19)12-16-8-10-21-11-9-16/h13H,3-12H2,1-2H3. The van der Waals surface area contributed by atoms with Crippen molar-refractivity contribution < 1.29 is 19.1 Å². The molecule has 0 aliphatic carbocycles.